The molecule has 0 unspecified atom stereocenters. The van der Waals surface area contributed by atoms with Crippen molar-refractivity contribution in [2.24, 2.45) is 5.41 Å². The summed E-state index contributed by atoms with van der Waals surface area (Å²) in [6, 6.07) is 0. The average molecular weight is 228 g/mol. The molecule has 15 heavy (non-hydrogen) atoms. The van der Waals surface area contributed by atoms with Gasteiger partial charge in [0.25, 0.3) is 0 Å². The van der Waals surface area contributed by atoms with Crippen LogP contribution in [0.15, 0.2) is 11.5 Å². The molecule has 0 radical (unpaired) electrons. The largest absolute Gasteiger partial charge is 0.316 e. The van der Waals surface area contributed by atoms with Crippen molar-refractivity contribution in [2.75, 3.05) is 18.8 Å². The van der Waals surface area contributed by atoms with Crippen LogP contribution in [0.5, 0.6) is 0 Å². The molecule has 1 heterocycles. The summed E-state index contributed by atoms with van der Waals surface area (Å²) in [5.74, 6) is 1.03. The van der Waals surface area contributed by atoms with Gasteiger partial charge in [-0.15, -0.1) is 0 Å². The lowest BCUT2D eigenvalue weighted by atomic mass is 9.92. The SMILES string of the molecule is CC(C)(C)CCNCCSc1ncn[nH]1. The van der Waals surface area contributed by atoms with E-state index >= 15 is 0 Å². The molecule has 0 spiro atoms. The first kappa shape index (κ1) is 12.5. The van der Waals surface area contributed by atoms with Gasteiger partial charge in [0.2, 0.25) is 0 Å². The van der Waals surface area contributed by atoms with Crippen LogP contribution in [0.25, 0.3) is 0 Å². The van der Waals surface area contributed by atoms with E-state index in [-0.39, 0.29) is 0 Å². The molecule has 1 rings (SSSR count). The molecule has 0 aliphatic carbocycles. The van der Waals surface area contributed by atoms with E-state index in [1.807, 2.05) is 0 Å². The summed E-state index contributed by atoms with van der Waals surface area (Å²) in [4.78, 5) is 4.04. The lowest BCUT2D eigenvalue weighted by Crippen LogP contribution is -2.22. The quantitative estimate of drug-likeness (QED) is 0.577. The van der Waals surface area contributed by atoms with E-state index in [1.54, 1.807) is 11.8 Å². The zero-order valence-electron chi connectivity index (χ0n) is 9.71. The number of aromatic nitrogens is 3. The molecular weight excluding hydrogens is 208 g/mol. The average Bonchev–Trinajstić information content (AvgIpc) is 2.61. The van der Waals surface area contributed by atoms with E-state index in [9.17, 15) is 0 Å². The van der Waals surface area contributed by atoms with E-state index in [4.69, 9.17) is 0 Å². The first-order chi connectivity index (χ1) is 7.08. The van der Waals surface area contributed by atoms with Gasteiger partial charge in [0.1, 0.15) is 6.33 Å². The maximum Gasteiger partial charge on any atom is 0.183 e. The third kappa shape index (κ3) is 6.52. The molecular formula is C10H20N4S. The molecule has 0 atom stereocenters. The Kier molecular flexibility index (Phi) is 5.11. The van der Waals surface area contributed by atoms with Crippen LogP contribution in [0, 0.1) is 5.41 Å². The fraction of sp³-hybridized carbons (Fsp3) is 0.800. The molecule has 0 aliphatic heterocycles. The van der Waals surface area contributed by atoms with Gasteiger partial charge in [0, 0.05) is 12.3 Å². The van der Waals surface area contributed by atoms with Gasteiger partial charge in [0.15, 0.2) is 5.16 Å². The highest BCUT2D eigenvalue weighted by Gasteiger charge is 2.08. The van der Waals surface area contributed by atoms with Gasteiger partial charge < -0.3 is 5.32 Å². The van der Waals surface area contributed by atoms with Gasteiger partial charge in [-0.1, -0.05) is 32.5 Å². The molecule has 1 aromatic heterocycles. The number of H-pyrrole nitrogens is 1. The Hall–Kier alpha value is -0.550. The smallest absolute Gasteiger partial charge is 0.183 e. The number of aromatic amines is 1. The second-order valence-electron chi connectivity index (χ2n) is 4.70. The summed E-state index contributed by atoms with van der Waals surface area (Å²) in [7, 11) is 0. The first-order valence-corrected chi connectivity index (χ1v) is 6.25. The third-order valence-electron chi connectivity index (χ3n) is 1.96. The minimum absolute atomic E-state index is 0.422. The Labute approximate surface area is 95.6 Å². The van der Waals surface area contributed by atoms with E-state index in [0.717, 1.165) is 24.0 Å². The third-order valence-corrected chi connectivity index (χ3v) is 2.84. The minimum Gasteiger partial charge on any atom is -0.316 e. The highest BCUT2D eigenvalue weighted by Crippen LogP contribution is 2.16. The topological polar surface area (TPSA) is 53.6 Å². The summed E-state index contributed by atoms with van der Waals surface area (Å²) in [5, 5.41) is 10.9. The standard InChI is InChI=1S/C10H20N4S/c1-10(2,3)4-5-11-6-7-15-9-12-8-13-14-9/h8,11H,4-7H2,1-3H3,(H,12,13,14). The van der Waals surface area contributed by atoms with Crippen LogP contribution in [-0.4, -0.2) is 34.0 Å². The summed E-state index contributed by atoms with van der Waals surface area (Å²) in [6.45, 7) is 8.88. The number of hydrogen-bond acceptors (Lipinski definition) is 4. The highest BCUT2D eigenvalue weighted by atomic mass is 32.2. The fourth-order valence-corrected chi connectivity index (χ4v) is 1.75. The van der Waals surface area contributed by atoms with Crippen LogP contribution in [0.4, 0.5) is 0 Å². The Morgan fingerprint density at radius 2 is 2.20 bits per heavy atom. The van der Waals surface area contributed by atoms with Crippen molar-refractivity contribution in [1.82, 2.24) is 20.5 Å². The van der Waals surface area contributed by atoms with Crippen molar-refractivity contribution in [3.63, 3.8) is 0 Å². The Balaban J connectivity index is 1.94. The highest BCUT2D eigenvalue weighted by molar-refractivity contribution is 7.99. The molecule has 0 aliphatic rings. The van der Waals surface area contributed by atoms with Crippen molar-refractivity contribution in [1.29, 1.82) is 0 Å². The van der Waals surface area contributed by atoms with E-state index in [0.29, 0.717) is 5.41 Å². The van der Waals surface area contributed by atoms with Crippen LogP contribution in [0.3, 0.4) is 0 Å². The van der Waals surface area contributed by atoms with E-state index in [1.165, 1.54) is 12.7 Å². The second-order valence-corrected chi connectivity index (χ2v) is 5.78. The van der Waals surface area contributed by atoms with Crippen LogP contribution in [-0.2, 0) is 0 Å². The molecule has 0 aromatic carbocycles. The Bertz CT molecular complexity index is 253. The maximum atomic E-state index is 4.04. The van der Waals surface area contributed by atoms with Crippen LogP contribution >= 0.6 is 11.8 Å². The summed E-state index contributed by atoms with van der Waals surface area (Å²) in [5.41, 5.74) is 0.422. The molecule has 0 bridgehead atoms. The molecule has 4 nitrogen and oxygen atoms in total. The fourth-order valence-electron chi connectivity index (χ4n) is 1.07. The van der Waals surface area contributed by atoms with Gasteiger partial charge in [0.05, 0.1) is 0 Å². The van der Waals surface area contributed by atoms with E-state index < -0.39 is 0 Å². The number of rotatable bonds is 6. The minimum atomic E-state index is 0.422. The van der Waals surface area contributed by atoms with Gasteiger partial charge in [-0.3, -0.25) is 5.10 Å². The lowest BCUT2D eigenvalue weighted by molar-refractivity contribution is 0.369. The number of nitrogens with zero attached hydrogens (tertiary/aromatic N) is 2. The normalized spacial score (nSPS) is 11.9. The Morgan fingerprint density at radius 1 is 1.40 bits per heavy atom. The first-order valence-electron chi connectivity index (χ1n) is 5.27. The zero-order valence-corrected chi connectivity index (χ0v) is 10.5. The van der Waals surface area contributed by atoms with Crippen LogP contribution in [0.2, 0.25) is 0 Å². The Morgan fingerprint density at radius 3 is 2.80 bits per heavy atom. The van der Waals surface area contributed by atoms with Crippen molar-refractivity contribution in [3.05, 3.63) is 6.33 Å². The molecule has 0 saturated heterocycles. The van der Waals surface area contributed by atoms with Crippen molar-refractivity contribution in [2.45, 2.75) is 32.3 Å². The van der Waals surface area contributed by atoms with Gasteiger partial charge >= 0.3 is 0 Å². The summed E-state index contributed by atoms with van der Waals surface area (Å²) < 4.78 is 0. The zero-order chi connectivity index (χ0) is 11.1. The molecule has 86 valence electrons. The monoisotopic (exact) mass is 228 g/mol. The molecule has 2 N–H and O–H groups in total. The number of hydrogen-bond donors (Lipinski definition) is 2. The van der Waals surface area contributed by atoms with Gasteiger partial charge in [-0.25, -0.2) is 4.98 Å². The maximum absolute atomic E-state index is 4.04. The van der Waals surface area contributed by atoms with Crippen molar-refractivity contribution >= 4 is 11.8 Å². The predicted molar refractivity (Wildman–Crippen MR) is 64.0 cm³/mol. The second kappa shape index (κ2) is 6.12. The molecule has 0 saturated carbocycles. The number of nitrogens with one attached hydrogen (secondary N) is 2. The van der Waals surface area contributed by atoms with E-state index in [2.05, 4.69) is 41.3 Å². The summed E-state index contributed by atoms with van der Waals surface area (Å²) in [6.07, 6.45) is 2.75. The van der Waals surface area contributed by atoms with Crippen molar-refractivity contribution < 1.29 is 0 Å². The molecule has 0 amide bonds. The van der Waals surface area contributed by atoms with Crippen molar-refractivity contribution in [3.8, 4) is 0 Å². The molecule has 1 aromatic rings. The lowest BCUT2D eigenvalue weighted by Gasteiger charge is -2.17. The number of thioether (sulfide) groups is 1. The van der Waals surface area contributed by atoms with Crippen LogP contribution < -0.4 is 5.32 Å². The molecule has 0 fully saturated rings. The predicted octanol–water partition coefficient (Wildman–Crippen LogP) is 1.92. The van der Waals surface area contributed by atoms with Gasteiger partial charge in [-0.05, 0) is 18.4 Å². The van der Waals surface area contributed by atoms with Crippen LogP contribution in [0.1, 0.15) is 27.2 Å². The summed E-state index contributed by atoms with van der Waals surface area (Å²) >= 11 is 1.69. The molecule has 5 heteroatoms. The van der Waals surface area contributed by atoms with Gasteiger partial charge in [-0.2, -0.15) is 5.10 Å².